The summed E-state index contributed by atoms with van der Waals surface area (Å²) in [6.45, 7) is 4.56. The van der Waals surface area contributed by atoms with Gasteiger partial charge in [-0.25, -0.2) is 14.8 Å². The smallest absolute Gasteiger partial charge is 0.415 e. The molecule has 2 rings (SSSR count). The second-order valence-electron chi connectivity index (χ2n) is 4.20. The fourth-order valence-corrected chi connectivity index (χ4v) is 2.21. The molecule has 1 amide bonds. The zero-order valence-corrected chi connectivity index (χ0v) is 11.8. The lowest BCUT2D eigenvalue weighted by Crippen LogP contribution is -2.37. The first-order chi connectivity index (χ1) is 9.26. The van der Waals surface area contributed by atoms with Crippen LogP contribution in [0.3, 0.4) is 0 Å². The first-order valence-electron chi connectivity index (χ1n) is 6.21. The molecule has 1 aliphatic rings. The van der Waals surface area contributed by atoms with Gasteiger partial charge >= 0.3 is 6.09 Å². The summed E-state index contributed by atoms with van der Waals surface area (Å²) in [4.78, 5) is 22.1. The molecular weight excluding hydrogens is 262 g/mol. The Hall–Kier alpha value is -1.56. The Bertz CT molecular complexity index is 479. The Morgan fingerprint density at radius 2 is 2.42 bits per heavy atom. The maximum Gasteiger partial charge on any atom is 0.415 e. The molecule has 0 saturated heterocycles. The van der Waals surface area contributed by atoms with E-state index in [4.69, 9.17) is 4.74 Å². The van der Waals surface area contributed by atoms with Crippen LogP contribution >= 0.6 is 11.8 Å². The molecule has 102 valence electrons. The molecule has 19 heavy (non-hydrogen) atoms. The number of hydrogen-bond donors (Lipinski definition) is 0. The van der Waals surface area contributed by atoms with Gasteiger partial charge in [-0.1, -0.05) is 17.8 Å². The maximum absolute atomic E-state index is 11.8. The van der Waals surface area contributed by atoms with Crippen molar-refractivity contribution < 1.29 is 9.53 Å². The van der Waals surface area contributed by atoms with Gasteiger partial charge in [0, 0.05) is 12.7 Å². The van der Waals surface area contributed by atoms with E-state index in [1.165, 1.54) is 11.8 Å². The van der Waals surface area contributed by atoms with Crippen molar-refractivity contribution in [2.24, 2.45) is 0 Å². The van der Waals surface area contributed by atoms with Gasteiger partial charge in [-0.05, 0) is 25.5 Å². The van der Waals surface area contributed by atoms with Crippen LogP contribution in [-0.4, -0.2) is 28.9 Å². The van der Waals surface area contributed by atoms with Crippen molar-refractivity contribution in [3.63, 3.8) is 0 Å². The van der Waals surface area contributed by atoms with Crippen LogP contribution in [0.2, 0.25) is 0 Å². The number of anilines is 1. The lowest BCUT2D eigenvalue weighted by atomic mass is 10.2. The molecule has 1 aromatic rings. The van der Waals surface area contributed by atoms with Crippen LogP contribution in [0.4, 0.5) is 10.6 Å². The third-order valence-electron chi connectivity index (χ3n) is 2.87. The number of cyclic esters (lactones) is 1. The number of ether oxygens (including phenoxy) is 1. The molecular formula is C13H17N3O2S. The number of nitrogens with zero attached hydrogens (tertiary/aromatic N) is 3. The van der Waals surface area contributed by atoms with Crippen LogP contribution in [-0.2, 0) is 11.3 Å². The van der Waals surface area contributed by atoms with Gasteiger partial charge in [0.25, 0.3) is 0 Å². The monoisotopic (exact) mass is 279 g/mol. The molecule has 1 aromatic heterocycles. The number of allylic oxidation sites excluding steroid dienone is 1. The quantitative estimate of drug-likeness (QED) is 0.347. The average molecular weight is 279 g/mol. The van der Waals surface area contributed by atoms with Crippen molar-refractivity contribution >= 4 is 23.7 Å². The van der Waals surface area contributed by atoms with Crippen LogP contribution in [0.25, 0.3) is 0 Å². The predicted molar refractivity (Wildman–Crippen MR) is 75.4 cm³/mol. The molecule has 0 aliphatic carbocycles. The summed E-state index contributed by atoms with van der Waals surface area (Å²) in [7, 11) is 0. The number of aromatic nitrogens is 2. The van der Waals surface area contributed by atoms with Gasteiger partial charge in [-0.3, -0.25) is 4.90 Å². The molecule has 0 spiro atoms. The van der Waals surface area contributed by atoms with Crippen molar-refractivity contribution in [3.05, 3.63) is 24.4 Å². The van der Waals surface area contributed by atoms with Crippen LogP contribution in [0.5, 0.6) is 0 Å². The van der Waals surface area contributed by atoms with Crippen molar-refractivity contribution in [2.45, 2.75) is 31.0 Å². The minimum Gasteiger partial charge on any atom is -0.444 e. The molecule has 6 heteroatoms. The van der Waals surface area contributed by atoms with E-state index in [0.29, 0.717) is 17.5 Å². The standard InChI is InChI=1S/C13H17N3O2S/c1-3-4-5-6-7-16-11-10(9-18-13(16)17)8-14-12(15-11)19-2/h3,8H,1,4-7,9H2,2H3. The molecule has 0 bridgehead atoms. The van der Waals surface area contributed by atoms with Crippen LogP contribution in [0, 0.1) is 0 Å². The van der Waals surface area contributed by atoms with E-state index >= 15 is 0 Å². The van der Waals surface area contributed by atoms with E-state index in [1.807, 2.05) is 12.3 Å². The Labute approximate surface area is 117 Å². The van der Waals surface area contributed by atoms with Gasteiger partial charge in [0.1, 0.15) is 12.4 Å². The van der Waals surface area contributed by atoms with Gasteiger partial charge in [0.15, 0.2) is 5.16 Å². The van der Waals surface area contributed by atoms with E-state index in [9.17, 15) is 4.79 Å². The van der Waals surface area contributed by atoms with E-state index in [2.05, 4.69) is 16.5 Å². The van der Waals surface area contributed by atoms with Gasteiger partial charge in [-0.2, -0.15) is 0 Å². The number of carbonyl (C=O) groups is 1. The first kappa shape index (κ1) is 13.9. The molecule has 0 radical (unpaired) electrons. The summed E-state index contributed by atoms with van der Waals surface area (Å²) >= 11 is 1.46. The van der Waals surface area contributed by atoms with Crippen molar-refractivity contribution in [1.29, 1.82) is 0 Å². The largest absolute Gasteiger partial charge is 0.444 e. The number of thioether (sulfide) groups is 1. The molecule has 0 aromatic carbocycles. The summed E-state index contributed by atoms with van der Waals surface area (Å²) in [5.41, 5.74) is 0.862. The highest BCUT2D eigenvalue weighted by Gasteiger charge is 2.27. The lowest BCUT2D eigenvalue weighted by molar-refractivity contribution is 0.140. The molecule has 0 unspecified atom stereocenters. The molecule has 0 fully saturated rings. The average Bonchev–Trinajstić information content (AvgIpc) is 2.44. The summed E-state index contributed by atoms with van der Waals surface area (Å²) in [5.74, 6) is 0.689. The van der Waals surface area contributed by atoms with Gasteiger partial charge in [0.2, 0.25) is 0 Å². The third-order valence-corrected chi connectivity index (χ3v) is 3.43. The van der Waals surface area contributed by atoms with Crippen LogP contribution in [0.15, 0.2) is 24.0 Å². The highest BCUT2D eigenvalue weighted by molar-refractivity contribution is 7.98. The highest BCUT2D eigenvalue weighted by atomic mass is 32.2. The molecule has 5 nitrogen and oxygen atoms in total. The number of rotatable bonds is 6. The van der Waals surface area contributed by atoms with E-state index in [1.54, 1.807) is 11.1 Å². The number of fused-ring (bicyclic) bond motifs is 1. The Morgan fingerprint density at radius 1 is 1.58 bits per heavy atom. The number of carbonyl (C=O) groups excluding carboxylic acids is 1. The molecule has 1 aliphatic heterocycles. The van der Waals surface area contributed by atoms with Crippen molar-refractivity contribution in [1.82, 2.24) is 9.97 Å². The third kappa shape index (κ3) is 3.26. The normalized spacial score (nSPS) is 13.9. The Balaban J connectivity index is 2.14. The molecule has 0 N–H and O–H groups in total. The number of hydrogen-bond acceptors (Lipinski definition) is 5. The zero-order chi connectivity index (χ0) is 13.7. The van der Waals surface area contributed by atoms with Gasteiger partial charge in [0.05, 0.1) is 5.56 Å². The van der Waals surface area contributed by atoms with Crippen LogP contribution < -0.4 is 4.90 Å². The van der Waals surface area contributed by atoms with Crippen molar-refractivity contribution in [2.75, 3.05) is 17.7 Å². The summed E-state index contributed by atoms with van der Waals surface area (Å²) in [6, 6.07) is 0. The van der Waals surface area contributed by atoms with E-state index in [0.717, 1.165) is 24.8 Å². The van der Waals surface area contributed by atoms with Gasteiger partial charge in [-0.15, -0.1) is 6.58 Å². The minimum absolute atomic E-state index is 0.256. The van der Waals surface area contributed by atoms with Gasteiger partial charge < -0.3 is 4.74 Å². The van der Waals surface area contributed by atoms with Crippen molar-refractivity contribution in [3.8, 4) is 0 Å². The van der Waals surface area contributed by atoms with Crippen LogP contribution in [0.1, 0.15) is 24.8 Å². The maximum atomic E-state index is 11.8. The second kappa shape index (κ2) is 6.56. The minimum atomic E-state index is -0.322. The molecule has 0 atom stereocenters. The molecule has 0 saturated carbocycles. The summed E-state index contributed by atoms with van der Waals surface area (Å²) < 4.78 is 5.13. The Kier molecular flexibility index (Phi) is 4.79. The number of unbranched alkanes of at least 4 members (excludes halogenated alkanes) is 2. The topological polar surface area (TPSA) is 55.3 Å². The SMILES string of the molecule is C=CCCCCN1C(=O)OCc2cnc(SC)nc21. The lowest BCUT2D eigenvalue weighted by Gasteiger charge is -2.27. The highest BCUT2D eigenvalue weighted by Crippen LogP contribution is 2.26. The number of amides is 1. The van der Waals surface area contributed by atoms with E-state index < -0.39 is 0 Å². The zero-order valence-electron chi connectivity index (χ0n) is 11.0. The fourth-order valence-electron chi connectivity index (χ4n) is 1.88. The second-order valence-corrected chi connectivity index (χ2v) is 4.97. The predicted octanol–water partition coefficient (Wildman–Crippen LogP) is 3.01. The van der Waals surface area contributed by atoms with E-state index in [-0.39, 0.29) is 12.7 Å². The summed E-state index contributed by atoms with van der Waals surface area (Å²) in [5, 5.41) is 0.671. The first-order valence-corrected chi connectivity index (χ1v) is 7.44. The Morgan fingerprint density at radius 3 is 3.16 bits per heavy atom. The molecule has 2 heterocycles. The fraction of sp³-hybridized carbons (Fsp3) is 0.462. The summed E-state index contributed by atoms with van der Waals surface area (Å²) in [6.07, 6.45) is 8.07.